The molecule has 1 aliphatic carbocycles. The standard InChI is InChI=1S/C20H32O/c1-15(2)19-13-12-17(4)10-6-8-16(3)9-7-11-18(5)14-20(19)21/h8,11-13,15,20-21H,6-7,9-10,14H2,1-5H3/t20-/m0/s1. The zero-order valence-corrected chi connectivity index (χ0v) is 14.4. The molecule has 118 valence electrons. The van der Waals surface area contributed by atoms with E-state index in [1.54, 1.807) is 0 Å². The lowest BCUT2D eigenvalue weighted by Crippen LogP contribution is -2.15. The van der Waals surface area contributed by atoms with Gasteiger partial charge in [-0.3, -0.25) is 0 Å². The molecule has 0 aromatic rings. The first kappa shape index (κ1) is 18.0. The monoisotopic (exact) mass is 288 g/mol. The van der Waals surface area contributed by atoms with Crippen LogP contribution in [0.2, 0.25) is 0 Å². The van der Waals surface area contributed by atoms with Gasteiger partial charge < -0.3 is 5.11 Å². The van der Waals surface area contributed by atoms with E-state index in [2.05, 4.69) is 58.9 Å². The molecule has 0 heterocycles. The van der Waals surface area contributed by atoms with Crippen LogP contribution < -0.4 is 0 Å². The molecule has 1 N–H and O–H groups in total. The molecule has 0 amide bonds. The van der Waals surface area contributed by atoms with Gasteiger partial charge in [0.2, 0.25) is 0 Å². The maximum absolute atomic E-state index is 10.5. The molecule has 0 fully saturated rings. The Morgan fingerprint density at radius 2 is 1.48 bits per heavy atom. The van der Waals surface area contributed by atoms with E-state index in [1.165, 1.54) is 16.7 Å². The second kappa shape index (κ2) is 9.04. The molecule has 0 aromatic heterocycles. The van der Waals surface area contributed by atoms with Gasteiger partial charge in [0.1, 0.15) is 0 Å². The summed E-state index contributed by atoms with van der Waals surface area (Å²) in [5, 5.41) is 10.5. The summed E-state index contributed by atoms with van der Waals surface area (Å²) in [6.07, 6.45) is 13.8. The molecule has 0 saturated heterocycles. The number of rotatable bonds is 1. The molecule has 1 atom stereocenters. The molecule has 0 aliphatic heterocycles. The molecule has 0 unspecified atom stereocenters. The van der Waals surface area contributed by atoms with Crippen LogP contribution in [-0.2, 0) is 0 Å². The quantitative estimate of drug-likeness (QED) is 0.611. The van der Waals surface area contributed by atoms with Crippen molar-refractivity contribution in [2.45, 2.75) is 72.8 Å². The first-order valence-electron chi connectivity index (χ1n) is 8.26. The normalized spacial score (nSPS) is 22.9. The third kappa shape index (κ3) is 6.95. The minimum absolute atomic E-state index is 0.357. The van der Waals surface area contributed by atoms with Gasteiger partial charge in [-0.15, -0.1) is 0 Å². The molecule has 1 nitrogen and oxygen atoms in total. The van der Waals surface area contributed by atoms with Crippen molar-refractivity contribution in [3.05, 3.63) is 46.6 Å². The van der Waals surface area contributed by atoms with Crippen LogP contribution in [0.5, 0.6) is 0 Å². The minimum Gasteiger partial charge on any atom is -0.388 e. The summed E-state index contributed by atoms with van der Waals surface area (Å²) >= 11 is 0. The molecule has 0 radical (unpaired) electrons. The van der Waals surface area contributed by atoms with E-state index in [4.69, 9.17) is 0 Å². The van der Waals surface area contributed by atoms with Crippen LogP contribution in [0.3, 0.4) is 0 Å². The highest BCUT2D eigenvalue weighted by atomic mass is 16.3. The second-order valence-electron chi connectivity index (χ2n) is 6.73. The van der Waals surface area contributed by atoms with Gasteiger partial charge >= 0.3 is 0 Å². The Morgan fingerprint density at radius 1 is 0.905 bits per heavy atom. The average Bonchev–Trinajstić information content (AvgIpc) is 2.37. The SMILES string of the molecule is CC1=CC=C(C(C)C)[C@@H](O)CC(C)=CCCC(C)=CCC1. The number of hydrogen-bond acceptors (Lipinski definition) is 1. The third-order valence-electron chi connectivity index (χ3n) is 4.19. The van der Waals surface area contributed by atoms with Crippen LogP contribution >= 0.6 is 0 Å². The molecular weight excluding hydrogens is 256 g/mol. The van der Waals surface area contributed by atoms with Crippen molar-refractivity contribution in [2.75, 3.05) is 0 Å². The van der Waals surface area contributed by atoms with Crippen LogP contribution in [0.4, 0.5) is 0 Å². The topological polar surface area (TPSA) is 20.2 Å². The van der Waals surface area contributed by atoms with Gasteiger partial charge in [-0.05, 0) is 64.4 Å². The van der Waals surface area contributed by atoms with Crippen molar-refractivity contribution in [3.63, 3.8) is 0 Å². The highest BCUT2D eigenvalue weighted by Gasteiger charge is 2.14. The van der Waals surface area contributed by atoms with Crippen LogP contribution in [0.15, 0.2) is 46.6 Å². The fraction of sp³-hybridized carbons (Fsp3) is 0.600. The van der Waals surface area contributed by atoms with Crippen molar-refractivity contribution >= 4 is 0 Å². The van der Waals surface area contributed by atoms with E-state index >= 15 is 0 Å². The fourth-order valence-corrected chi connectivity index (χ4v) is 2.71. The molecule has 0 aromatic carbocycles. The Labute approximate surface area is 131 Å². The minimum atomic E-state index is -0.357. The summed E-state index contributed by atoms with van der Waals surface area (Å²) in [5.74, 6) is 0.381. The predicted octanol–water partition coefficient (Wildman–Crippen LogP) is 5.73. The number of hydrogen-bond donors (Lipinski definition) is 1. The van der Waals surface area contributed by atoms with Gasteiger partial charge in [-0.1, -0.05) is 54.9 Å². The van der Waals surface area contributed by atoms with Crippen LogP contribution in [0, 0.1) is 5.92 Å². The van der Waals surface area contributed by atoms with Crippen LogP contribution in [0.25, 0.3) is 0 Å². The number of aliphatic hydroxyl groups is 1. The number of aliphatic hydroxyl groups excluding tert-OH is 1. The first-order valence-corrected chi connectivity index (χ1v) is 8.26. The van der Waals surface area contributed by atoms with Crippen molar-refractivity contribution in [3.8, 4) is 0 Å². The largest absolute Gasteiger partial charge is 0.388 e. The maximum Gasteiger partial charge on any atom is 0.0792 e. The lowest BCUT2D eigenvalue weighted by Gasteiger charge is -2.19. The van der Waals surface area contributed by atoms with E-state index < -0.39 is 0 Å². The first-order chi connectivity index (χ1) is 9.90. The fourth-order valence-electron chi connectivity index (χ4n) is 2.71. The van der Waals surface area contributed by atoms with E-state index in [-0.39, 0.29) is 6.10 Å². The maximum atomic E-state index is 10.5. The van der Waals surface area contributed by atoms with Gasteiger partial charge in [-0.25, -0.2) is 0 Å². The lowest BCUT2D eigenvalue weighted by atomic mass is 9.92. The van der Waals surface area contributed by atoms with Crippen LogP contribution in [-0.4, -0.2) is 11.2 Å². The Kier molecular flexibility index (Phi) is 7.74. The molecular formula is C20H32O. The average molecular weight is 288 g/mol. The van der Waals surface area contributed by atoms with E-state index in [0.717, 1.165) is 37.7 Å². The summed E-state index contributed by atoms with van der Waals surface area (Å²) in [6, 6.07) is 0. The summed E-state index contributed by atoms with van der Waals surface area (Å²) < 4.78 is 0. The van der Waals surface area contributed by atoms with Gasteiger partial charge in [0.25, 0.3) is 0 Å². The van der Waals surface area contributed by atoms with Gasteiger partial charge in [0.05, 0.1) is 6.10 Å². The molecule has 1 heteroatoms. The summed E-state index contributed by atoms with van der Waals surface area (Å²) in [4.78, 5) is 0. The van der Waals surface area contributed by atoms with Crippen molar-refractivity contribution < 1.29 is 5.11 Å². The van der Waals surface area contributed by atoms with E-state index in [0.29, 0.717) is 5.92 Å². The molecule has 0 bridgehead atoms. The smallest absolute Gasteiger partial charge is 0.0792 e. The molecule has 21 heavy (non-hydrogen) atoms. The Bertz CT molecular complexity index is 446. The Hall–Kier alpha value is -1.08. The Morgan fingerprint density at radius 3 is 2.10 bits per heavy atom. The number of allylic oxidation sites excluding steroid dienone is 6. The summed E-state index contributed by atoms with van der Waals surface area (Å²) in [5.41, 5.74) is 5.29. The van der Waals surface area contributed by atoms with E-state index in [1.807, 2.05) is 0 Å². The van der Waals surface area contributed by atoms with E-state index in [9.17, 15) is 5.11 Å². The van der Waals surface area contributed by atoms with Crippen molar-refractivity contribution in [2.24, 2.45) is 5.92 Å². The highest BCUT2D eigenvalue weighted by Crippen LogP contribution is 2.22. The van der Waals surface area contributed by atoms with Gasteiger partial charge in [0, 0.05) is 0 Å². The van der Waals surface area contributed by atoms with Gasteiger partial charge in [0.15, 0.2) is 0 Å². The third-order valence-corrected chi connectivity index (χ3v) is 4.19. The summed E-state index contributed by atoms with van der Waals surface area (Å²) in [6.45, 7) is 10.9. The molecule has 0 saturated carbocycles. The Balaban J connectivity index is 3.00. The summed E-state index contributed by atoms with van der Waals surface area (Å²) in [7, 11) is 0. The second-order valence-corrected chi connectivity index (χ2v) is 6.73. The zero-order valence-electron chi connectivity index (χ0n) is 14.4. The van der Waals surface area contributed by atoms with Crippen molar-refractivity contribution in [1.29, 1.82) is 0 Å². The van der Waals surface area contributed by atoms with Gasteiger partial charge in [-0.2, -0.15) is 0 Å². The molecule has 1 rings (SSSR count). The molecule has 1 aliphatic rings. The highest BCUT2D eigenvalue weighted by molar-refractivity contribution is 5.23. The predicted molar refractivity (Wildman–Crippen MR) is 93.3 cm³/mol. The molecule has 0 spiro atoms. The van der Waals surface area contributed by atoms with Crippen molar-refractivity contribution in [1.82, 2.24) is 0 Å². The lowest BCUT2D eigenvalue weighted by molar-refractivity contribution is 0.200. The zero-order chi connectivity index (χ0) is 15.8. The van der Waals surface area contributed by atoms with Crippen LogP contribution in [0.1, 0.15) is 66.7 Å².